The van der Waals surface area contributed by atoms with Crippen LogP contribution in [0.4, 0.5) is 0 Å². The van der Waals surface area contributed by atoms with E-state index in [2.05, 4.69) is 6.07 Å². The topological polar surface area (TPSA) is 93.8 Å². The molecule has 0 aromatic heterocycles. The molecule has 1 fully saturated rings. The number of nitrogens with zero attached hydrogens (tertiary/aromatic N) is 2. The van der Waals surface area contributed by atoms with Crippen molar-refractivity contribution in [1.29, 1.82) is 5.26 Å². The predicted octanol–water partition coefficient (Wildman–Crippen LogP) is 5.51. The molecule has 1 heterocycles. The fraction of sp³-hybridized carbons (Fsp3) is 0.290. The van der Waals surface area contributed by atoms with Gasteiger partial charge in [0.2, 0.25) is 0 Å². The summed E-state index contributed by atoms with van der Waals surface area (Å²) in [6.45, 7) is 3.25. The maximum Gasteiger partial charge on any atom is 0.320 e. The van der Waals surface area contributed by atoms with Gasteiger partial charge in [-0.2, -0.15) is 5.26 Å². The van der Waals surface area contributed by atoms with Crippen molar-refractivity contribution in [2.24, 2.45) is 0 Å². The summed E-state index contributed by atoms with van der Waals surface area (Å²) in [6.07, 6.45) is 6.44. The Labute approximate surface area is 218 Å². The van der Waals surface area contributed by atoms with Crippen LogP contribution in [0, 0.1) is 18.3 Å². The number of ether oxygens (including phenoxy) is 1. The molecule has 6 heteroatoms. The maximum absolute atomic E-state index is 11.8. The summed E-state index contributed by atoms with van der Waals surface area (Å²) in [5.41, 5.74) is 6.16. The van der Waals surface area contributed by atoms with E-state index in [4.69, 9.17) is 4.74 Å². The first-order valence-electron chi connectivity index (χ1n) is 12.6. The molecule has 0 amide bonds. The minimum atomic E-state index is -0.792. The first-order valence-corrected chi connectivity index (χ1v) is 12.6. The van der Waals surface area contributed by atoms with E-state index in [9.17, 15) is 20.3 Å². The van der Waals surface area contributed by atoms with Gasteiger partial charge in [-0.3, -0.25) is 9.69 Å². The second-order valence-corrected chi connectivity index (χ2v) is 9.29. The smallest absolute Gasteiger partial charge is 0.320 e. The van der Waals surface area contributed by atoms with Crippen LogP contribution in [0.2, 0.25) is 0 Å². The fourth-order valence-electron chi connectivity index (χ4n) is 4.91. The van der Waals surface area contributed by atoms with Gasteiger partial charge >= 0.3 is 5.97 Å². The van der Waals surface area contributed by atoms with E-state index >= 15 is 0 Å². The van der Waals surface area contributed by atoms with Gasteiger partial charge < -0.3 is 14.9 Å². The quantitative estimate of drug-likeness (QED) is 0.379. The van der Waals surface area contributed by atoms with Crippen LogP contribution in [-0.2, 0) is 11.3 Å². The van der Waals surface area contributed by atoms with Gasteiger partial charge in [-0.15, -0.1) is 0 Å². The molecule has 0 aliphatic carbocycles. The Morgan fingerprint density at radius 1 is 1.11 bits per heavy atom. The van der Waals surface area contributed by atoms with Gasteiger partial charge in [0.15, 0.2) is 0 Å². The van der Waals surface area contributed by atoms with E-state index in [0.717, 1.165) is 52.8 Å². The molecule has 37 heavy (non-hydrogen) atoms. The zero-order valence-electron chi connectivity index (χ0n) is 21.1. The normalized spacial score (nSPS) is 16.0. The van der Waals surface area contributed by atoms with Crippen LogP contribution in [0.3, 0.4) is 0 Å². The maximum atomic E-state index is 11.8. The number of aliphatic carboxylic acids is 1. The number of hydrogen-bond donors (Lipinski definition) is 2. The molecule has 1 aliphatic rings. The summed E-state index contributed by atoms with van der Waals surface area (Å²) in [4.78, 5) is 13.8. The van der Waals surface area contributed by atoms with Crippen LogP contribution in [-0.4, -0.2) is 46.9 Å². The molecule has 0 radical (unpaired) electrons. The van der Waals surface area contributed by atoms with Crippen molar-refractivity contribution >= 4 is 18.1 Å². The molecular weight excluding hydrogens is 464 g/mol. The second kappa shape index (κ2) is 12.4. The summed E-state index contributed by atoms with van der Waals surface area (Å²) in [5.74, 6) is -0.160. The lowest BCUT2D eigenvalue weighted by atomic mass is 9.95. The van der Waals surface area contributed by atoms with Crippen LogP contribution in [0.5, 0.6) is 5.75 Å². The Balaban J connectivity index is 1.66. The van der Waals surface area contributed by atoms with Gasteiger partial charge in [-0.25, -0.2) is 0 Å². The van der Waals surface area contributed by atoms with Crippen LogP contribution < -0.4 is 4.74 Å². The van der Waals surface area contributed by atoms with Crippen LogP contribution in [0.1, 0.15) is 47.1 Å². The van der Waals surface area contributed by atoms with Crippen molar-refractivity contribution in [2.75, 3.05) is 19.8 Å². The summed E-state index contributed by atoms with van der Waals surface area (Å²) >= 11 is 0. The zero-order chi connectivity index (χ0) is 26.2. The molecule has 0 saturated carbocycles. The number of carboxylic acid groups (broad SMARTS) is 1. The number of nitriles is 1. The van der Waals surface area contributed by atoms with Gasteiger partial charge in [0.05, 0.1) is 12.2 Å². The molecule has 1 saturated heterocycles. The molecular formula is C31H32N2O4. The fourth-order valence-corrected chi connectivity index (χ4v) is 4.91. The number of carboxylic acids is 1. The minimum absolute atomic E-state index is 0.113. The van der Waals surface area contributed by atoms with E-state index in [-0.39, 0.29) is 13.2 Å². The highest BCUT2D eigenvalue weighted by Crippen LogP contribution is 2.31. The van der Waals surface area contributed by atoms with Crippen molar-refractivity contribution in [1.82, 2.24) is 4.90 Å². The molecule has 3 aromatic carbocycles. The van der Waals surface area contributed by atoms with Crippen molar-refractivity contribution < 1.29 is 19.7 Å². The molecule has 0 unspecified atom stereocenters. The van der Waals surface area contributed by atoms with Gasteiger partial charge in [-0.05, 0) is 54.6 Å². The first-order chi connectivity index (χ1) is 18.0. The highest BCUT2D eigenvalue weighted by molar-refractivity contribution is 5.81. The lowest BCUT2D eigenvalue weighted by Crippen LogP contribution is -2.44. The number of aliphatic hydroxyl groups excluding tert-OH is 1. The number of aryl methyl sites for hydroxylation is 1. The third-order valence-electron chi connectivity index (χ3n) is 6.81. The van der Waals surface area contributed by atoms with Crippen LogP contribution in [0.15, 0.2) is 60.7 Å². The average molecular weight is 497 g/mol. The van der Waals surface area contributed by atoms with Crippen molar-refractivity contribution in [3.8, 4) is 22.9 Å². The van der Waals surface area contributed by atoms with Crippen molar-refractivity contribution in [3.05, 3.63) is 88.5 Å². The van der Waals surface area contributed by atoms with E-state index in [0.29, 0.717) is 24.3 Å². The third kappa shape index (κ3) is 6.26. The van der Waals surface area contributed by atoms with Crippen LogP contribution >= 0.6 is 0 Å². The lowest BCUT2D eigenvalue weighted by Gasteiger charge is -2.33. The van der Waals surface area contributed by atoms with Crippen molar-refractivity contribution in [3.63, 3.8) is 0 Å². The monoisotopic (exact) mass is 496 g/mol. The lowest BCUT2D eigenvalue weighted by molar-refractivity contribution is -0.144. The number of aliphatic hydroxyl groups is 1. The largest absolute Gasteiger partial charge is 0.491 e. The molecule has 190 valence electrons. The van der Waals surface area contributed by atoms with Crippen molar-refractivity contribution in [2.45, 2.75) is 38.8 Å². The summed E-state index contributed by atoms with van der Waals surface area (Å²) in [6, 6.07) is 21.5. The highest BCUT2D eigenvalue weighted by Gasteiger charge is 2.29. The summed E-state index contributed by atoms with van der Waals surface area (Å²) < 4.78 is 5.88. The predicted molar refractivity (Wildman–Crippen MR) is 145 cm³/mol. The number of benzene rings is 3. The summed E-state index contributed by atoms with van der Waals surface area (Å²) in [7, 11) is 0. The molecule has 0 bridgehead atoms. The Bertz CT molecular complexity index is 1310. The second-order valence-electron chi connectivity index (χ2n) is 9.29. The Morgan fingerprint density at radius 3 is 2.62 bits per heavy atom. The third-order valence-corrected chi connectivity index (χ3v) is 6.81. The number of hydrogen-bond acceptors (Lipinski definition) is 5. The van der Waals surface area contributed by atoms with E-state index in [1.807, 2.05) is 84.6 Å². The number of likely N-dealkylation sites (tertiary alicyclic amines) is 1. The molecule has 0 spiro atoms. The minimum Gasteiger partial charge on any atom is -0.491 e. The van der Waals surface area contributed by atoms with Gasteiger partial charge in [0, 0.05) is 17.7 Å². The summed E-state index contributed by atoms with van der Waals surface area (Å²) in [5, 5.41) is 29.0. The Kier molecular flexibility index (Phi) is 8.73. The molecule has 6 nitrogen and oxygen atoms in total. The molecule has 3 aromatic rings. The average Bonchev–Trinajstić information content (AvgIpc) is 2.92. The van der Waals surface area contributed by atoms with Gasteiger partial charge in [0.25, 0.3) is 0 Å². The van der Waals surface area contributed by atoms with E-state index in [1.165, 1.54) is 0 Å². The Hall–Kier alpha value is -3.92. The SMILES string of the molecule is Cc1cc(CN2CCCC[C@H]2C(=O)O)c(OCCO)cc1/C=C/c1cccc(-c2ccccc2)c1C#N. The first kappa shape index (κ1) is 26.2. The number of rotatable bonds is 9. The number of carbonyl (C=O) groups is 1. The molecule has 1 atom stereocenters. The van der Waals surface area contributed by atoms with E-state index in [1.54, 1.807) is 0 Å². The van der Waals surface area contributed by atoms with Gasteiger partial charge in [0.1, 0.15) is 24.5 Å². The van der Waals surface area contributed by atoms with Crippen LogP contribution in [0.25, 0.3) is 23.3 Å². The van der Waals surface area contributed by atoms with E-state index < -0.39 is 12.0 Å². The Morgan fingerprint density at radius 2 is 1.89 bits per heavy atom. The molecule has 2 N–H and O–H groups in total. The van der Waals surface area contributed by atoms with Gasteiger partial charge in [-0.1, -0.05) is 73.2 Å². The molecule has 1 aliphatic heterocycles. The highest BCUT2D eigenvalue weighted by atomic mass is 16.5. The zero-order valence-corrected chi connectivity index (χ0v) is 21.1. The number of piperidine rings is 1. The standard InChI is InChI=1S/C31H32N2O4/c1-22-18-26(21-33-15-6-5-12-29(33)31(35)36)30(37-17-16-34)19-25(22)14-13-24-10-7-11-27(28(24)20-32)23-8-3-2-4-9-23/h2-4,7-11,13-14,18-19,29,34H,5-6,12,15-17,21H2,1H3,(H,35,36)/b14-13+/t29-/m0/s1. The molecule has 4 rings (SSSR count).